The van der Waals surface area contributed by atoms with Gasteiger partial charge in [0.05, 0.1) is 21.4 Å². The van der Waals surface area contributed by atoms with Crippen molar-refractivity contribution in [2.45, 2.75) is 45.5 Å². The molecule has 2 unspecified atom stereocenters. The quantitative estimate of drug-likeness (QED) is 0.658. The average molecular weight is 317 g/mol. The molecule has 20 heavy (non-hydrogen) atoms. The van der Waals surface area contributed by atoms with E-state index >= 15 is 0 Å². The molecule has 110 valence electrons. The molecular formula is C15H19Cl2FN2. The monoisotopic (exact) mass is 316 g/mol. The Balaban J connectivity index is 2.77. The van der Waals surface area contributed by atoms with Crippen LogP contribution in [-0.2, 0) is 0 Å². The molecule has 0 saturated heterocycles. The average Bonchev–Trinajstić information content (AvgIpc) is 2.70. The topological polar surface area (TPSA) is 17.8 Å². The van der Waals surface area contributed by atoms with E-state index in [-0.39, 0.29) is 16.4 Å². The highest BCUT2D eigenvalue weighted by molar-refractivity contribution is 6.31. The molecule has 0 radical (unpaired) electrons. The van der Waals surface area contributed by atoms with Crippen molar-refractivity contribution < 1.29 is 4.39 Å². The first kappa shape index (κ1) is 15.6. The SMILES string of the molecule is CCC(C(C)C)n1c(C(C)Cl)nc2cc(F)c(Cl)cc21. The fourth-order valence-electron chi connectivity index (χ4n) is 2.69. The zero-order valence-electron chi connectivity index (χ0n) is 12.1. The molecule has 0 aliphatic carbocycles. The number of halogens is 3. The van der Waals surface area contributed by atoms with Gasteiger partial charge in [0, 0.05) is 12.1 Å². The summed E-state index contributed by atoms with van der Waals surface area (Å²) in [6, 6.07) is 3.29. The van der Waals surface area contributed by atoms with Crippen LogP contribution < -0.4 is 0 Å². The highest BCUT2D eigenvalue weighted by atomic mass is 35.5. The fourth-order valence-corrected chi connectivity index (χ4v) is 3.00. The van der Waals surface area contributed by atoms with E-state index in [1.165, 1.54) is 6.07 Å². The minimum absolute atomic E-state index is 0.117. The van der Waals surface area contributed by atoms with Gasteiger partial charge >= 0.3 is 0 Å². The molecule has 5 heteroatoms. The van der Waals surface area contributed by atoms with E-state index in [4.69, 9.17) is 23.2 Å². The molecule has 1 aromatic carbocycles. The maximum absolute atomic E-state index is 13.6. The van der Waals surface area contributed by atoms with Crippen LogP contribution in [0.5, 0.6) is 0 Å². The van der Waals surface area contributed by atoms with E-state index in [9.17, 15) is 4.39 Å². The van der Waals surface area contributed by atoms with Crippen LogP contribution in [0.25, 0.3) is 11.0 Å². The van der Waals surface area contributed by atoms with Crippen molar-refractivity contribution >= 4 is 34.2 Å². The molecular weight excluding hydrogens is 298 g/mol. The number of benzene rings is 1. The van der Waals surface area contributed by atoms with E-state index in [2.05, 4.69) is 30.3 Å². The van der Waals surface area contributed by atoms with E-state index < -0.39 is 5.82 Å². The Morgan fingerprint density at radius 3 is 2.45 bits per heavy atom. The molecule has 0 saturated carbocycles. The van der Waals surface area contributed by atoms with Gasteiger partial charge in [-0.3, -0.25) is 0 Å². The first-order valence-corrected chi connectivity index (χ1v) is 7.69. The first-order chi connectivity index (χ1) is 9.36. The second kappa shape index (κ2) is 5.90. The van der Waals surface area contributed by atoms with Crippen molar-refractivity contribution in [3.63, 3.8) is 0 Å². The van der Waals surface area contributed by atoms with Crippen LogP contribution in [0.3, 0.4) is 0 Å². The second-order valence-corrected chi connectivity index (χ2v) is 6.49. The molecule has 0 N–H and O–H groups in total. The van der Waals surface area contributed by atoms with Gasteiger partial charge in [0.25, 0.3) is 0 Å². The standard InChI is InChI=1S/C15H19Cl2FN2/c1-5-13(8(2)3)20-14-6-10(17)11(18)7-12(14)19-15(20)9(4)16/h6-9,13H,5H2,1-4H3. The molecule has 1 heterocycles. The summed E-state index contributed by atoms with van der Waals surface area (Å²) in [5, 5.41) is -0.122. The molecule has 0 spiro atoms. The van der Waals surface area contributed by atoms with Gasteiger partial charge in [-0.2, -0.15) is 0 Å². The Bertz CT molecular complexity index is 620. The summed E-state index contributed by atoms with van der Waals surface area (Å²) in [6.45, 7) is 8.33. The zero-order chi connectivity index (χ0) is 15.0. The number of fused-ring (bicyclic) bond motifs is 1. The number of hydrogen-bond acceptors (Lipinski definition) is 1. The van der Waals surface area contributed by atoms with Gasteiger partial charge < -0.3 is 4.57 Å². The van der Waals surface area contributed by atoms with Crippen LogP contribution in [0.4, 0.5) is 4.39 Å². The smallest absolute Gasteiger partial charge is 0.144 e. The van der Waals surface area contributed by atoms with Crippen LogP contribution in [0.15, 0.2) is 12.1 Å². The summed E-state index contributed by atoms with van der Waals surface area (Å²) in [5.41, 5.74) is 1.45. The zero-order valence-corrected chi connectivity index (χ0v) is 13.6. The Kier molecular flexibility index (Phi) is 4.60. The van der Waals surface area contributed by atoms with Crippen LogP contribution in [0.1, 0.15) is 51.4 Å². The summed E-state index contributed by atoms with van der Waals surface area (Å²) in [5.74, 6) is 0.745. The van der Waals surface area contributed by atoms with Crippen molar-refractivity contribution in [3.05, 3.63) is 28.8 Å². The Labute approximate surface area is 128 Å². The third-order valence-corrected chi connectivity index (χ3v) is 4.12. The Morgan fingerprint density at radius 1 is 1.30 bits per heavy atom. The molecule has 0 amide bonds. The van der Waals surface area contributed by atoms with Gasteiger partial charge in [0.1, 0.15) is 11.6 Å². The Morgan fingerprint density at radius 2 is 1.95 bits per heavy atom. The molecule has 2 aromatic rings. The van der Waals surface area contributed by atoms with Crippen LogP contribution in [-0.4, -0.2) is 9.55 Å². The molecule has 2 rings (SSSR count). The molecule has 2 nitrogen and oxygen atoms in total. The molecule has 0 bridgehead atoms. The Hall–Kier alpha value is -0.800. The van der Waals surface area contributed by atoms with Crippen LogP contribution in [0, 0.1) is 11.7 Å². The summed E-state index contributed by atoms with van der Waals surface area (Å²) in [6.07, 6.45) is 0.953. The largest absolute Gasteiger partial charge is 0.323 e. The summed E-state index contributed by atoms with van der Waals surface area (Å²) in [7, 11) is 0. The predicted octanol–water partition coefficient (Wildman–Crippen LogP) is 5.74. The summed E-state index contributed by atoms with van der Waals surface area (Å²) >= 11 is 12.2. The second-order valence-electron chi connectivity index (χ2n) is 5.43. The number of rotatable bonds is 4. The van der Waals surface area contributed by atoms with E-state index in [0.717, 1.165) is 17.8 Å². The van der Waals surface area contributed by atoms with E-state index in [1.54, 1.807) is 6.07 Å². The highest BCUT2D eigenvalue weighted by Gasteiger charge is 2.23. The van der Waals surface area contributed by atoms with E-state index in [1.807, 2.05) is 6.92 Å². The van der Waals surface area contributed by atoms with Gasteiger partial charge in [0.15, 0.2) is 0 Å². The minimum Gasteiger partial charge on any atom is -0.323 e. The fraction of sp³-hybridized carbons (Fsp3) is 0.533. The number of imidazole rings is 1. The lowest BCUT2D eigenvalue weighted by molar-refractivity contribution is 0.364. The predicted molar refractivity (Wildman–Crippen MR) is 83.1 cm³/mol. The van der Waals surface area contributed by atoms with E-state index in [0.29, 0.717) is 11.4 Å². The molecule has 1 aromatic heterocycles. The number of aromatic nitrogens is 2. The lowest BCUT2D eigenvalue weighted by atomic mass is 10.0. The van der Waals surface area contributed by atoms with Crippen LogP contribution in [0.2, 0.25) is 5.02 Å². The summed E-state index contributed by atoms with van der Waals surface area (Å²) < 4.78 is 15.7. The number of nitrogens with zero attached hydrogens (tertiary/aromatic N) is 2. The van der Waals surface area contributed by atoms with Gasteiger partial charge in [-0.25, -0.2) is 9.37 Å². The molecule has 2 atom stereocenters. The third-order valence-electron chi connectivity index (χ3n) is 3.63. The number of hydrogen-bond donors (Lipinski definition) is 0. The molecule has 0 aliphatic rings. The van der Waals surface area contributed by atoms with Crippen molar-refractivity contribution in [2.75, 3.05) is 0 Å². The van der Waals surface area contributed by atoms with Crippen LogP contribution >= 0.6 is 23.2 Å². The normalized spacial score (nSPS) is 15.0. The maximum atomic E-state index is 13.6. The first-order valence-electron chi connectivity index (χ1n) is 6.87. The maximum Gasteiger partial charge on any atom is 0.144 e. The summed E-state index contributed by atoms with van der Waals surface area (Å²) in [4.78, 5) is 4.50. The molecule has 0 aliphatic heterocycles. The minimum atomic E-state index is -0.449. The van der Waals surface area contributed by atoms with Crippen molar-refractivity contribution in [2.24, 2.45) is 5.92 Å². The number of alkyl halides is 1. The third kappa shape index (κ3) is 2.66. The molecule has 0 fully saturated rings. The lowest BCUT2D eigenvalue weighted by Crippen LogP contribution is -2.17. The highest BCUT2D eigenvalue weighted by Crippen LogP contribution is 2.34. The van der Waals surface area contributed by atoms with Gasteiger partial charge in [0.2, 0.25) is 0 Å². The van der Waals surface area contributed by atoms with Gasteiger partial charge in [-0.15, -0.1) is 11.6 Å². The van der Waals surface area contributed by atoms with Crippen molar-refractivity contribution in [3.8, 4) is 0 Å². The van der Waals surface area contributed by atoms with Gasteiger partial charge in [-0.1, -0.05) is 32.4 Å². The lowest BCUT2D eigenvalue weighted by Gasteiger charge is -2.24. The van der Waals surface area contributed by atoms with Crippen molar-refractivity contribution in [1.29, 1.82) is 0 Å². The van der Waals surface area contributed by atoms with Gasteiger partial charge in [-0.05, 0) is 25.3 Å². The van der Waals surface area contributed by atoms with Crippen molar-refractivity contribution in [1.82, 2.24) is 9.55 Å².